The fraction of sp³-hybridized carbons (Fsp3) is 0.636. The standard InChI is InChI=1S/C20H22N6O.C9H13NO2.C3H8.CH4.H2/c1-10-16(17(14-6-7-14)23-9-22-10)18-21-8-15-19(25-18)26(12(3)13-4-5-13)20(27)11(2)24-15;1-2-6-7-3-10(4-8(6)7)9(12)5-11;1-3-2;;/h8-9,12-14H,4-7H2,1-3H3;5-8H,2-4H2,1H3;3H2,1-2H3;1H4;1H/t12-;6?,7-,8+;;;/m0..../s1. The summed E-state index contributed by atoms with van der Waals surface area (Å²) < 4.78 is 1.82. The molecule has 234 valence electrons. The Labute approximate surface area is 256 Å². The first-order chi connectivity index (χ1) is 20.2. The molecule has 43 heavy (non-hydrogen) atoms. The Bertz CT molecular complexity index is 1520. The lowest BCUT2D eigenvalue weighted by Crippen LogP contribution is -2.32. The molecule has 4 fully saturated rings. The molecule has 3 saturated carbocycles. The summed E-state index contributed by atoms with van der Waals surface area (Å²) >= 11 is 0. The fourth-order valence-corrected chi connectivity index (χ4v) is 6.35. The molecule has 1 unspecified atom stereocenters. The third kappa shape index (κ3) is 6.68. The van der Waals surface area contributed by atoms with Crippen molar-refractivity contribution in [3.63, 3.8) is 0 Å². The number of aromatic nitrogens is 6. The Balaban J connectivity index is 0.000000262. The smallest absolute Gasteiger partial charge is 0.286 e. The molecule has 0 aromatic carbocycles. The van der Waals surface area contributed by atoms with Gasteiger partial charge in [-0.25, -0.2) is 24.9 Å². The number of hydrogen-bond donors (Lipinski definition) is 0. The quantitative estimate of drug-likeness (QED) is 0.264. The Morgan fingerprint density at radius 3 is 2.23 bits per heavy atom. The highest BCUT2D eigenvalue weighted by atomic mass is 16.2. The van der Waals surface area contributed by atoms with Crippen LogP contribution in [0.15, 0.2) is 17.3 Å². The zero-order valence-electron chi connectivity index (χ0n) is 25.7. The maximum Gasteiger partial charge on any atom is 0.286 e. The number of likely N-dealkylation sites (tertiary alicyclic amines) is 1. The summed E-state index contributed by atoms with van der Waals surface area (Å²) in [5.41, 5.74) is 4.49. The summed E-state index contributed by atoms with van der Waals surface area (Å²) in [5.74, 6) is 3.50. The molecular weight excluding hydrogens is 542 g/mol. The number of aryl methyl sites for hydroxylation is 2. The van der Waals surface area contributed by atoms with Gasteiger partial charge in [0.25, 0.3) is 11.5 Å². The van der Waals surface area contributed by atoms with Crippen LogP contribution in [0.3, 0.4) is 0 Å². The van der Waals surface area contributed by atoms with Crippen LogP contribution in [0, 0.1) is 37.5 Å². The van der Waals surface area contributed by atoms with E-state index in [-0.39, 0.29) is 26.4 Å². The number of fused-ring (bicyclic) bond motifs is 2. The molecule has 1 saturated heterocycles. The maximum absolute atomic E-state index is 12.9. The minimum Gasteiger partial charge on any atom is -0.336 e. The topological polar surface area (TPSA) is 124 Å². The number of nitrogens with zero attached hydrogens (tertiary/aromatic N) is 7. The summed E-state index contributed by atoms with van der Waals surface area (Å²) in [6.45, 7) is 13.9. The lowest BCUT2D eigenvalue weighted by Gasteiger charge is -2.18. The van der Waals surface area contributed by atoms with E-state index in [9.17, 15) is 14.4 Å². The van der Waals surface area contributed by atoms with Crippen LogP contribution in [-0.2, 0) is 9.59 Å². The zero-order valence-corrected chi connectivity index (χ0v) is 25.7. The van der Waals surface area contributed by atoms with Crippen LogP contribution >= 0.6 is 0 Å². The number of hydrogen-bond acceptors (Lipinski definition) is 8. The highest BCUT2D eigenvalue weighted by Crippen LogP contribution is 2.53. The van der Waals surface area contributed by atoms with Gasteiger partial charge in [-0.15, -0.1) is 0 Å². The molecule has 3 aromatic rings. The first-order valence-corrected chi connectivity index (χ1v) is 15.6. The number of rotatable bonds is 6. The Morgan fingerprint density at radius 2 is 1.67 bits per heavy atom. The Kier molecular flexibility index (Phi) is 10.1. The van der Waals surface area contributed by atoms with Gasteiger partial charge in [0, 0.05) is 26.5 Å². The van der Waals surface area contributed by atoms with Gasteiger partial charge in [-0.2, -0.15) is 0 Å². The molecule has 4 heterocycles. The molecular formula is C33H49N7O3. The normalized spacial score (nSPS) is 22.3. The molecule has 1 amide bonds. The predicted octanol–water partition coefficient (Wildman–Crippen LogP) is 5.71. The third-order valence-corrected chi connectivity index (χ3v) is 9.02. The highest BCUT2D eigenvalue weighted by Gasteiger charge is 2.55. The van der Waals surface area contributed by atoms with Gasteiger partial charge in [0.1, 0.15) is 17.5 Å². The van der Waals surface area contributed by atoms with Crippen molar-refractivity contribution in [2.24, 2.45) is 23.7 Å². The molecule has 4 atom stereocenters. The van der Waals surface area contributed by atoms with Gasteiger partial charge in [-0.3, -0.25) is 19.0 Å². The van der Waals surface area contributed by atoms with Crippen molar-refractivity contribution >= 4 is 23.4 Å². The third-order valence-electron chi connectivity index (χ3n) is 9.02. The van der Waals surface area contributed by atoms with Crippen LogP contribution in [-0.4, -0.2) is 59.7 Å². The molecule has 0 N–H and O–H groups in total. The second kappa shape index (κ2) is 13.4. The fourth-order valence-electron chi connectivity index (χ4n) is 6.35. The number of amides is 1. The van der Waals surface area contributed by atoms with Crippen LogP contribution in [0.5, 0.6) is 0 Å². The molecule has 3 aromatic heterocycles. The first kappa shape index (κ1) is 32.4. The van der Waals surface area contributed by atoms with Gasteiger partial charge < -0.3 is 4.90 Å². The van der Waals surface area contributed by atoms with Crippen LogP contribution in [0.2, 0.25) is 0 Å². The summed E-state index contributed by atoms with van der Waals surface area (Å²) in [5, 5.41) is 0. The van der Waals surface area contributed by atoms with Gasteiger partial charge in [-0.05, 0) is 70.1 Å². The molecule has 1 aliphatic heterocycles. The lowest BCUT2D eigenvalue weighted by atomic mass is 10.1. The van der Waals surface area contributed by atoms with Crippen molar-refractivity contribution < 1.29 is 11.0 Å². The van der Waals surface area contributed by atoms with E-state index in [2.05, 4.69) is 47.6 Å². The monoisotopic (exact) mass is 591 g/mol. The Hall–Kier alpha value is -3.56. The van der Waals surface area contributed by atoms with E-state index < -0.39 is 0 Å². The molecule has 0 spiro atoms. The highest BCUT2D eigenvalue weighted by molar-refractivity contribution is 6.23. The van der Waals surface area contributed by atoms with Gasteiger partial charge in [-0.1, -0.05) is 41.0 Å². The average molecular weight is 592 g/mol. The SMILES string of the molecule is C.CCC.CCC1[C@H]2CN(C(=O)C=O)C[C@@H]12.Cc1ncnc(C2CC2)c1-c1ncc2nc(C)c(=O)n([C@@H](C)C3CC3)c2n1.[HH]. The number of carbonyl (C=O) groups excluding carboxylic acids is 2. The van der Waals surface area contributed by atoms with Crippen molar-refractivity contribution in [1.82, 2.24) is 34.4 Å². The molecule has 10 nitrogen and oxygen atoms in total. The number of carbonyl (C=O) groups is 2. The summed E-state index contributed by atoms with van der Waals surface area (Å²) in [6.07, 6.45) is 10.8. The average Bonchev–Trinajstić information content (AvgIpc) is 3.89. The minimum absolute atomic E-state index is 0. The van der Waals surface area contributed by atoms with E-state index in [1.807, 2.05) is 11.5 Å². The van der Waals surface area contributed by atoms with Crippen molar-refractivity contribution in [3.05, 3.63) is 40.0 Å². The second-order valence-electron chi connectivity index (χ2n) is 12.3. The van der Waals surface area contributed by atoms with E-state index in [0.29, 0.717) is 52.6 Å². The van der Waals surface area contributed by atoms with E-state index in [0.717, 1.165) is 61.6 Å². The maximum atomic E-state index is 12.9. The first-order valence-electron chi connectivity index (χ1n) is 15.6. The second-order valence-corrected chi connectivity index (χ2v) is 12.3. The predicted molar refractivity (Wildman–Crippen MR) is 170 cm³/mol. The minimum atomic E-state index is -0.336. The van der Waals surface area contributed by atoms with Gasteiger partial charge >= 0.3 is 0 Å². The number of aldehydes is 1. The summed E-state index contributed by atoms with van der Waals surface area (Å²) in [4.78, 5) is 58.3. The van der Waals surface area contributed by atoms with Crippen molar-refractivity contribution in [3.8, 4) is 11.4 Å². The van der Waals surface area contributed by atoms with Gasteiger partial charge in [0.05, 0.1) is 23.1 Å². The van der Waals surface area contributed by atoms with E-state index >= 15 is 0 Å². The van der Waals surface area contributed by atoms with Crippen molar-refractivity contribution in [1.29, 1.82) is 0 Å². The number of piperidine rings is 1. The van der Waals surface area contributed by atoms with Crippen LogP contribution in [0.4, 0.5) is 0 Å². The molecule has 4 aliphatic rings. The van der Waals surface area contributed by atoms with Gasteiger partial charge in [0.15, 0.2) is 11.5 Å². The van der Waals surface area contributed by atoms with Gasteiger partial charge in [0.2, 0.25) is 6.29 Å². The van der Waals surface area contributed by atoms with E-state index in [4.69, 9.17) is 4.98 Å². The molecule has 3 aliphatic carbocycles. The van der Waals surface area contributed by atoms with Crippen LogP contribution in [0.1, 0.15) is 104 Å². The van der Waals surface area contributed by atoms with E-state index in [1.165, 1.54) is 12.8 Å². The lowest BCUT2D eigenvalue weighted by molar-refractivity contribution is -0.138. The Morgan fingerprint density at radius 1 is 1.02 bits per heavy atom. The molecule has 7 rings (SSSR count). The molecule has 0 bridgehead atoms. The van der Waals surface area contributed by atoms with Crippen molar-refractivity contribution in [2.45, 2.75) is 99.5 Å². The van der Waals surface area contributed by atoms with Crippen molar-refractivity contribution in [2.75, 3.05) is 13.1 Å². The molecule has 0 radical (unpaired) electrons. The largest absolute Gasteiger partial charge is 0.336 e. The molecule has 10 heteroatoms. The van der Waals surface area contributed by atoms with Crippen LogP contribution in [0.25, 0.3) is 22.6 Å². The van der Waals surface area contributed by atoms with Crippen LogP contribution < -0.4 is 5.56 Å². The summed E-state index contributed by atoms with van der Waals surface area (Å²) in [6, 6.07) is 0.112. The van der Waals surface area contributed by atoms with E-state index in [1.54, 1.807) is 24.3 Å². The zero-order chi connectivity index (χ0) is 30.1. The summed E-state index contributed by atoms with van der Waals surface area (Å²) in [7, 11) is 0.